The molecule has 0 radical (unpaired) electrons. The second-order valence-electron chi connectivity index (χ2n) is 6.71. The number of benzene rings is 1. The molecular formula is C20H21N3. The van der Waals surface area contributed by atoms with E-state index in [0.29, 0.717) is 5.92 Å². The van der Waals surface area contributed by atoms with Crippen molar-refractivity contribution >= 4 is 5.69 Å². The van der Waals surface area contributed by atoms with E-state index in [1.165, 1.54) is 32.1 Å². The third-order valence-corrected chi connectivity index (χ3v) is 5.49. The lowest BCUT2D eigenvalue weighted by molar-refractivity contribution is 0.286. The van der Waals surface area contributed by atoms with Gasteiger partial charge >= 0.3 is 0 Å². The van der Waals surface area contributed by atoms with Crippen LogP contribution in [0.25, 0.3) is 0 Å². The summed E-state index contributed by atoms with van der Waals surface area (Å²) < 4.78 is 0. The number of hydrogen-bond donors (Lipinski definition) is 1. The van der Waals surface area contributed by atoms with Crippen LogP contribution in [-0.2, 0) is 5.41 Å². The molecule has 116 valence electrons. The lowest BCUT2D eigenvalue weighted by Crippen LogP contribution is -2.45. The Kier molecular flexibility index (Phi) is 3.53. The first-order chi connectivity index (χ1) is 11.4. The van der Waals surface area contributed by atoms with E-state index >= 15 is 0 Å². The molecule has 1 saturated carbocycles. The predicted octanol–water partition coefficient (Wildman–Crippen LogP) is 4.27. The van der Waals surface area contributed by atoms with Gasteiger partial charge < -0.3 is 5.32 Å². The van der Waals surface area contributed by atoms with Crippen molar-refractivity contribution in [2.75, 3.05) is 5.32 Å². The van der Waals surface area contributed by atoms with Gasteiger partial charge in [0.1, 0.15) is 5.41 Å². The van der Waals surface area contributed by atoms with Crippen molar-refractivity contribution in [3.05, 3.63) is 59.9 Å². The Balaban J connectivity index is 1.88. The smallest absolute Gasteiger partial charge is 0.146 e. The second-order valence-corrected chi connectivity index (χ2v) is 6.71. The average Bonchev–Trinajstić information content (AvgIpc) is 2.98. The van der Waals surface area contributed by atoms with Crippen molar-refractivity contribution < 1.29 is 0 Å². The molecule has 1 N–H and O–H groups in total. The van der Waals surface area contributed by atoms with E-state index in [1.807, 2.05) is 24.3 Å². The monoisotopic (exact) mass is 303 g/mol. The highest BCUT2D eigenvalue weighted by atomic mass is 15.0. The van der Waals surface area contributed by atoms with Crippen LogP contribution >= 0.6 is 0 Å². The molecule has 1 aliphatic carbocycles. The molecule has 1 aromatic carbocycles. The fourth-order valence-corrected chi connectivity index (χ4v) is 4.40. The largest absolute Gasteiger partial charge is 0.378 e. The van der Waals surface area contributed by atoms with Gasteiger partial charge in [0.25, 0.3) is 0 Å². The van der Waals surface area contributed by atoms with Crippen LogP contribution in [0.3, 0.4) is 0 Å². The Hall–Kier alpha value is -2.34. The fraction of sp³-hybridized carbons (Fsp3) is 0.400. The summed E-state index contributed by atoms with van der Waals surface area (Å²) in [7, 11) is 0. The number of nitriles is 1. The van der Waals surface area contributed by atoms with Crippen LogP contribution in [0.5, 0.6) is 0 Å². The van der Waals surface area contributed by atoms with E-state index in [-0.39, 0.29) is 6.04 Å². The van der Waals surface area contributed by atoms with Gasteiger partial charge in [0.2, 0.25) is 0 Å². The first-order valence-corrected chi connectivity index (χ1v) is 8.55. The van der Waals surface area contributed by atoms with Crippen LogP contribution in [0.4, 0.5) is 5.69 Å². The summed E-state index contributed by atoms with van der Waals surface area (Å²) in [6.45, 7) is 0. The van der Waals surface area contributed by atoms with Crippen LogP contribution in [0.1, 0.15) is 43.4 Å². The van der Waals surface area contributed by atoms with E-state index in [1.54, 1.807) is 6.20 Å². The van der Waals surface area contributed by atoms with Crippen molar-refractivity contribution in [3.63, 3.8) is 0 Å². The fourth-order valence-electron chi connectivity index (χ4n) is 4.40. The molecule has 2 aromatic rings. The molecule has 0 amide bonds. The summed E-state index contributed by atoms with van der Waals surface area (Å²) in [5.74, 6) is 0.526. The quantitative estimate of drug-likeness (QED) is 0.901. The zero-order valence-corrected chi connectivity index (χ0v) is 13.2. The Morgan fingerprint density at radius 2 is 1.83 bits per heavy atom. The summed E-state index contributed by atoms with van der Waals surface area (Å²) in [6, 6.07) is 17.0. The Morgan fingerprint density at radius 1 is 1.04 bits per heavy atom. The van der Waals surface area contributed by atoms with Crippen molar-refractivity contribution in [3.8, 4) is 6.07 Å². The number of anilines is 1. The zero-order chi connectivity index (χ0) is 15.7. The summed E-state index contributed by atoms with van der Waals surface area (Å²) >= 11 is 0. The molecule has 0 unspecified atom stereocenters. The van der Waals surface area contributed by atoms with Crippen molar-refractivity contribution in [1.29, 1.82) is 5.26 Å². The first-order valence-electron chi connectivity index (χ1n) is 8.55. The second kappa shape index (κ2) is 5.70. The minimum atomic E-state index is -0.681. The normalized spacial score (nSPS) is 27.0. The minimum absolute atomic E-state index is 0.111. The minimum Gasteiger partial charge on any atom is -0.378 e. The van der Waals surface area contributed by atoms with Crippen molar-refractivity contribution in [2.45, 2.75) is 43.6 Å². The molecule has 23 heavy (non-hydrogen) atoms. The topological polar surface area (TPSA) is 48.7 Å². The maximum atomic E-state index is 10.3. The molecule has 1 aromatic heterocycles. The number of rotatable bonds is 2. The standard InChI is InChI=1S/C20H21N3/c21-14-20(16-10-5-2-6-11-16)18(15-8-3-1-4-9-15)23-17-12-7-13-22-19(17)20/h2,5-7,10-13,15,18,23H,1,3-4,8-9H2/t18-,20-/m1/s1. The van der Waals surface area contributed by atoms with E-state index in [2.05, 4.69) is 34.6 Å². The van der Waals surface area contributed by atoms with Gasteiger partial charge in [0, 0.05) is 6.20 Å². The lowest BCUT2D eigenvalue weighted by atomic mass is 9.67. The number of nitrogens with zero attached hydrogens (tertiary/aromatic N) is 2. The highest BCUT2D eigenvalue weighted by molar-refractivity contribution is 5.66. The lowest BCUT2D eigenvalue weighted by Gasteiger charge is -2.36. The molecular weight excluding hydrogens is 282 g/mol. The SMILES string of the molecule is N#C[C@]1(c2ccccc2)c2ncccc2N[C@@H]1C1CCCCC1. The van der Waals surface area contributed by atoms with E-state index in [9.17, 15) is 5.26 Å². The molecule has 0 saturated heterocycles. The van der Waals surface area contributed by atoms with Gasteiger partial charge in [-0.3, -0.25) is 4.98 Å². The number of fused-ring (bicyclic) bond motifs is 1. The number of nitrogens with one attached hydrogen (secondary N) is 1. The summed E-state index contributed by atoms with van der Waals surface area (Å²) in [5.41, 5.74) is 2.29. The van der Waals surface area contributed by atoms with E-state index < -0.39 is 5.41 Å². The molecule has 3 heteroatoms. The zero-order valence-electron chi connectivity index (χ0n) is 13.2. The van der Waals surface area contributed by atoms with Gasteiger partial charge in [-0.2, -0.15) is 5.26 Å². The van der Waals surface area contributed by atoms with Gasteiger partial charge in [0.05, 0.1) is 23.5 Å². The van der Waals surface area contributed by atoms with Crippen molar-refractivity contribution in [2.24, 2.45) is 5.92 Å². The molecule has 2 atom stereocenters. The van der Waals surface area contributed by atoms with Crippen molar-refractivity contribution in [1.82, 2.24) is 4.98 Å². The van der Waals surface area contributed by atoms with Crippen LogP contribution in [-0.4, -0.2) is 11.0 Å². The van der Waals surface area contributed by atoms with Crippen LogP contribution in [0.2, 0.25) is 0 Å². The predicted molar refractivity (Wildman–Crippen MR) is 91.1 cm³/mol. The maximum absolute atomic E-state index is 10.3. The molecule has 2 heterocycles. The van der Waals surface area contributed by atoms with Crippen LogP contribution < -0.4 is 5.32 Å². The highest BCUT2D eigenvalue weighted by Gasteiger charge is 2.53. The summed E-state index contributed by atoms with van der Waals surface area (Å²) in [6.07, 6.45) is 8.05. The molecule has 2 aliphatic rings. The molecule has 1 fully saturated rings. The Labute approximate surface area is 137 Å². The molecule has 0 spiro atoms. The van der Waals surface area contributed by atoms with Crippen LogP contribution in [0.15, 0.2) is 48.7 Å². The Bertz CT molecular complexity index is 728. The third kappa shape index (κ3) is 2.13. The van der Waals surface area contributed by atoms with E-state index in [0.717, 1.165) is 16.9 Å². The van der Waals surface area contributed by atoms with Gasteiger partial charge in [-0.1, -0.05) is 49.6 Å². The van der Waals surface area contributed by atoms with Gasteiger partial charge in [-0.15, -0.1) is 0 Å². The first kappa shape index (κ1) is 14.3. The molecule has 3 nitrogen and oxygen atoms in total. The average molecular weight is 303 g/mol. The highest BCUT2D eigenvalue weighted by Crippen LogP contribution is 2.49. The number of pyridine rings is 1. The van der Waals surface area contributed by atoms with Gasteiger partial charge in [-0.05, 0) is 36.5 Å². The number of hydrogen-bond acceptors (Lipinski definition) is 3. The van der Waals surface area contributed by atoms with Crippen LogP contribution in [0, 0.1) is 17.2 Å². The molecule has 1 aliphatic heterocycles. The summed E-state index contributed by atoms with van der Waals surface area (Å²) in [4.78, 5) is 4.62. The maximum Gasteiger partial charge on any atom is 0.146 e. The summed E-state index contributed by atoms with van der Waals surface area (Å²) in [5, 5.41) is 13.9. The van der Waals surface area contributed by atoms with Gasteiger partial charge in [0.15, 0.2) is 0 Å². The van der Waals surface area contributed by atoms with Gasteiger partial charge in [-0.25, -0.2) is 0 Å². The third-order valence-electron chi connectivity index (χ3n) is 5.49. The number of aromatic nitrogens is 1. The van der Waals surface area contributed by atoms with E-state index in [4.69, 9.17) is 0 Å². The Morgan fingerprint density at radius 3 is 2.57 bits per heavy atom. The molecule has 0 bridgehead atoms. The molecule has 4 rings (SSSR count).